The first-order chi connectivity index (χ1) is 15.6. The van der Waals surface area contributed by atoms with Crippen molar-refractivity contribution in [2.75, 3.05) is 46.2 Å². The minimum Gasteiger partial charge on any atom is -0.463 e. The van der Waals surface area contributed by atoms with Gasteiger partial charge in [-0.2, -0.15) is 0 Å². The molecule has 1 saturated heterocycles. The number of hydrogen-bond donors (Lipinski definition) is 1. The zero-order chi connectivity index (χ0) is 24.8. The molecule has 1 rings (SSSR count). The Labute approximate surface area is 192 Å². The van der Waals surface area contributed by atoms with Crippen molar-refractivity contribution in [3.63, 3.8) is 0 Å². The van der Waals surface area contributed by atoms with E-state index in [1.165, 1.54) is 6.92 Å². The van der Waals surface area contributed by atoms with Crippen LogP contribution in [0.3, 0.4) is 0 Å². The summed E-state index contributed by atoms with van der Waals surface area (Å²) in [5, 5.41) is 0. The Morgan fingerprint density at radius 3 is 1.76 bits per heavy atom. The van der Waals surface area contributed by atoms with E-state index in [9.17, 15) is 19.2 Å². The third-order valence-corrected chi connectivity index (χ3v) is 4.09. The lowest BCUT2D eigenvalue weighted by Crippen LogP contribution is -2.63. The molecule has 0 aliphatic carbocycles. The average Bonchev–Trinajstić information content (AvgIpc) is 2.71. The first-order valence-electron chi connectivity index (χ1n) is 10.4. The highest BCUT2D eigenvalue weighted by Gasteiger charge is 2.52. The number of esters is 4. The van der Waals surface area contributed by atoms with Gasteiger partial charge in [-0.3, -0.25) is 19.2 Å². The quantitative estimate of drug-likeness (QED) is 0.185. The van der Waals surface area contributed by atoms with E-state index in [1.807, 2.05) is 0 Å². The lowest BCUT2D eigenvalue weighted by molar-refractivity contribution is -0.309. The SMILES string of the molecule is CC(=O)OC[C@H]1O[C@@H](OCCOCCOCCN)[C@H](OC(C)=O)[C@@H](OC(C)=O)[C@H]1OC(C)=O. The normalized spacial score (nSPS) is 24.6. The highest BCUT2D eigenvalue weighted by molar-refractivity contribution is 5.68. The van der Waals surface area contributed by atoms with Crippen molar-refractivity contribution in [1.29, 1.82) is 0 Å². The zero-order valence-corrected chi connectivity index (χ0v) is 19.3. The number of carbonyl (C=O) groups excluding carboxylic acids is 4. The smallest absolute Gasteiger partial charge is 0.303 e. The molecule has 0 spiro atoms. The molecule has 0 bridgehead atoms. The lowest BCUT2D eigenvalue weighted by Gasteiger charge is -2.44. The van der Waals surface area contributed by atoms with Gasteiger partial charge in [0.05, 0.1) is 33.0 Å². The predicted octanol–water partition coefficient (Wildman–Crippen LogP) is -0.922. The molecule has 0 saturated carbocycles. The first-order valence-corrected chi connectivity index (χ1v) is 10.4. The maximum atomic E-state index is 11.8. The molecule has 0 aromatic rings. The lowest BCUT2D eigenvalue weighted by atomic mass is 9.98. The van der Waals surface area contributed by atoms with Gasteiger partial charge >= 0.3 is 23.9 Å². The fourth-order valence-electron chi connectivity index (χ4n) is 2.95. The van der Waals surface area contributed by atoms with Crippen LogP contribution in [0.2, 0.25) is 0 Å². The summed E-state index contributed by atoms with van der Waals surface area (Å²) in [4.78, 5) is 46.4. The van der Waals surface area contributed by atoms with Crippen LogP contribution in [0.5, 0.6) is 0 Å². The largest absolute Gasteiger partial charge is 0.463 e. The van der Waals surface area contributed by atoms with Crippen molar-refractivity contribution in [1.82, 2.24) is 0 Å². The number of nitrogens with two attached hydrogens (primary N) is 1. The molecule has 0 radical (unpaired) electrons. The topological polar surface area (TPSA) is 168 Å². The van der Waals surface area contributed by atoms with E-state index >= 15 is 0 Å². The fourth-order valence-corrected chi connectivity index (χ4v) is 2.95. The molecule has 0 aromatic heterocycles. The van der Waals surface area contributed by atoms with E-state index in [4.69, 9.17) is 43.6 Å². The monoisotopic (exact) mass is 479 g/mol. The second-order valence-corrected chi connectivity index (χ2v) is 6.95. The Kier molecular flexibility index (Phi) is 13.5. The van der Waals surface area contributed by atoms with Crippen LogP contribution in [-0.2, 0) is 57.1 Å². The molecule has 1 fully saturated rings. The second kappa shape index (κ2) is 15.5. The van der Waals surface area contributed by atoms with Crippen molar-refractivity contribution < 1.29 is 57.1 Å². The van der Waals surface area contributed by atoms with Gasteiger partial charge in [0.25, 0.3) is 0 Å². The predicted molar refractivity (Wildman–Crippen MR) is 109 cm³/mol. The van der Waals surface area contributed by atoms with Crippen molar-refractivity contribution >= 4 is 23.9 Å². The molecule has 1 heterocycles. The number of ether oxygens (including phenoxy) is 8. The summed E-state index contributed by atoms with van der Waals surface area (Å²) in [6.07, 6.45) is -6.07. The molecule has 1 aliphatic rings. The average molecular weight is 479 g/mol. The van der Waals surface area contributed by atoms with Gasteiger partial charge in [0.15, 0.2) is 24.6 Å². The number of carbonyl (C=O) groups is 4. The van der Waals surface area contributed by atoms with Gasteiger partial charge in [0.1, 0.15) is 12.7 Å². The molecule has 1 aliphatic heterocycles. The van der Waals surface area contributed by atoms with Gasteiger partial charge in [-0.1, -0.05) is 0 Å². The van der Waals surface area contributed by atoms with Crippen molar-refractivity contribution in [3.05, 3.63) is 0 Å². The van der Waals surface area contributed by atoms with Crippen molar-refractivity contribution in [2.45, 2.75) is 58.4 Å². The van der Waals surface area contributed by atoms with Gasteiger partial charge in [0.2, 0.25) is 0 Å². The van der Waals surface area contributed by atoms with E-state index in [2.05, 4.69) is 0 Å². The highest BCUT2D eigenvalue weighted by Crippen LogP contribution is 2.29. The molecule has 5 atom stereocenters. The number of hydrogen-bond acceptors (Lipinski definition) is 13. The zero-order valence-electron chi connectivity index (χ0n) is 19.3. The van der Waals surface area contributed by atoms with Crippen LogP contribution >= 0.6 is 0 Å². The minimum absolute atomic E-state index is 0.0185. The summed E-state index contributed by atoms with van der Waals surface area (Å²) < 4.78 is 42.9. The number of rotatable bonds is 14. The summed E-state index contributed by atoms with van der Waals surface area (Å²) in [5.74, 6) is -2.74. The Morgan fingerprint density at radius 1 is 0.697 bits per heavy atom. The molecular weight excluding hydrogens is 446 g/mol. The van der Waals surface area contributed by atoms with Crippen LogP contribution < -0.4 is 5.73 Å². The Bertz CT molecular complexity index is 643. The Morgan fingerprint density at radius 2 is 1.21 bits per heavy atom. The van der Waals surface area contributed by atoms with Crippen molar-refractivity contribution in [3.8, 4) is 0 Å². The molecule has 33 heavy (non-hydrogen) atoms. The summed E-state index contributed by atoms with van der Waals surface area (Å²) in [7, 11) is 0. The maximum absolute atomic E-state index is 11.8. The second-order valence-electron chi connectivity index (χ2n) is 6.95. The molecule has 190 valence electrons. The highest BCUT2D eigenvalue weighted by atomic mass is 16.7. The molecule has 0 aromatic carbocycles. The van der Waals surface area contributed by atoms with Gasteiger partial charge < -0.3 is 43.6 Å². The molecule has 13 heteroatoms. The minimum atomic E-state index is -1.28. The van der Waals surface area contributed by atoms with E-state index in [0.717, 1.165) is 20.8 Å². The van der Waals surface area contributed by atoms with E-state index in [0.29, 0.717) is 26.4 Å². The van der Waals surface area contributed by atoms with Gasteiger partial charge in [-0.25, -0.2) is 0 Å². The molecule has 2 N–H and O–H groups in total. The van der Waals surface area contributed by atoms with Crippen LogP contribution in [0, 0.1) is 0 Å². The van der Waals surface area contributed by atoms with Crippen LogP contribution in [0.15, 0.2) is 0 Å². The maximum Gasteiger partial charge on any atom is 0.303 e. The van der Waals surface area contributed by atoms with Crippen LogP contribution in [-0.4, -0.2) is 101 Å². The van der Waals surface area contributed by atoms with Crippen LogP contribution in [0.4, 0.5) is 0 Å². The Balaban J connectivity index is 2.95. The molecule has 0 unspecified atom stereocenters. The third kappa shape index (κ3) is 11.4. The molecular formula is C20H33NO12. The van der Waals surface area contributed by atoms with E-state index in [1.54, 1.807) is 0 Å². The van der Waals surface area contributed by atoms with E-state index < -0.39 is 54.6 Å². The van der Waals surface area contributed by atoms with Gasteiger partial charge in [0, 0.05) is 34.2 Å². The standard InChI is InChI=1S/C20H33NO12/c1-12(22)29-11-16-17(30-13(2)23)18(31-14(3)24)19(32-15(4)25)20(33-16)28-10-9-27-8-7-26-6-5-21/h16-20H,5-11,21H2,1-4H3/t16-,17+,18+,19-,20-/m1/s1. The van der Waals surface area contributed by atoms with Crippen LogP contribution in [0.1, 0.15) is 27.7 Å². The Hall–Kier alpha value is -2.32. The van der Waals surface area contributed by atoms with Crippen molar-refractivity contribution in [2.24, 2.45) is 5.73 Å². The third-order valence-electron chi connectivity index (χ3n) is 4.09. The van der Waals surface area contributed by atoms with Gasteiger partial charge in [-0.05, 0) is 0 Å². The summed E-state index contributed by atoms with van der Waals surface area (Å²) in [5.41, 5.74) is 5.33. The molecule has 0 amide bonds. The van der Waals surface area contributed by atoms with E-state index in [-0.39, 0.29) is 19.8 Å². The van der Waals surface area contributed by atoms with Crippen LogP contribution in [0.25, 0.3) is 0 Å². The summed E-state index contributed by atoms with van der Waals surface area (Å²) >= 11 is 0. The van der Waals surface area contributed by atoms with Gasteiger partial charge in [-0.15, -0.1) is 0 Å². The summed E-state index contributed by atoms with van der Waals surface area (Å²) in [6, 6.07) is 0. The molecule has 13 nitrogen and oxygen atoms in total. The summed E-state index contributed by atoms with van der Waals surface area (Å²) in [6.45, 7) is 5.97. The fraction of sp³-hybridized carbons (Fsp3) is 0.800. The first kappa shape index (κ1) is 28.7.